The van der Waals surface area contributed by atoms with Crippen LogP contribution in [0.25, 0.3) is 5.69 Å². The van der Waals surface area contributed by atoms with Crippen LogP contribution < -0.4 is 5.76 Å². The van der Waals surface area contributed by atoms with Crippen molar-refractivity contribution in [3.05, 3.63) is 51.8 Å². The SMILES string of the molecule is Cc1ccc(-n2c(C)c(C)oc2=O)cc1. The Morgan fingerprint density at radius 2 is 1.67 bits per heavy atom. The summed E-state index contributed by atoms with van der Waals surface area (Å²) in [6, 6.07) is 7.78. The molecule has 78 valence electrons. The molecule has 1 heterocycles. The zero-order chi connectivity index (χ0) is 11.0. The second-order valence-electron chi connectivity index (χ2n) is 3.68. The molecule has 1 aromatic carbocycles. The lowest BCUT2D eigenvalue weighted by molar-refractivity contribution is 0.479. The third-order valence-electron chi connectivity index (χ3n) is 2.56. The molecular weight excluding hydrogens is 190 g/mol. The van der Waals surface area contributed by atoms with E-state index in [1.807, 2.05) is 38.1 Å². The normalized spacial score (nSPS) is 10.6. The first-order valence-electron chi connectivity index (χ1n) is 4.85. The highest BCUT2D eigenvalue weighted by Crippen LogP contribution is 2.12. The topological polar surface area (TPSA) is 35.1 Å². The average molecular weight is 203 g/mol. The Labute approximate surface area is 88.0 Å². The van der Waals surface area contributed by atoms with Crippen molar-refractivity contribution in [1.29, 1.82) is 0 Å². The number of aromatic nitrogens is 1. The molecule has 2 aromatic rings. The van der Waals surface area contributed by atoms with Gasteiger partial charge in [0.2, 0.25) is 0 Å². The van der Waals surface area contributed by atoms with Gasteiger partial charge in [0.1, 0.15) is 5.76 Å². The van der Waals surface area contributed by atoms with Crippen molar-refractivity contribution in [2.75, 3.05) is 0 Å². The molecule has 15 heavy (non-hydrogen) atoms. The lowest BCUT2D eigenvalue weighted by atomic mass is 10.2. The standard InChI is InChI=1S/C12H13NO2/c1-8-4-6-11(7-5-8)13-9(2)10(3)15-12(13)14/h4-7H,1-3H3. The molecule has 0 spiro atoms. The number of nitrogens with zero attached hydrogens (tertiary/aromatic N) is 1. The highest BCUT2D eigenvalue weighted by Gasteiger charge is 2.10. The smallest absolute Gasteiger partial charge is 0.413 e. The van der Waals surface area contributed by atoms with Crippen LogP contribution in [0, 0.1) is 20.8 Å². The van der Waals surface area contributed by atoms with E-state index < -0.39 is 0 Å². The fourth-order valence-electron chi connectivity index (χ4n) is 1.54. The third-order valence-corrected chi connectivity index (χ3v) is 2.56. The van der Waals surface area contributed by atoms with E-state index in [1.54, 1.807) is 11.5 Å². The van der Waals surface area contributed by atoms with Crippen molar-refractivity contribution < 1.29 is 4.42 Å². The third kappa shape index (κ3) is 1.61. The van der Waals surface area contributed by atoms with E-state index in [0.717, 1.165) is 11.4 Å². The lowest BCUT2D eigenvalue weighted by Crippen LogP contribution is -2.13. The van der Waals surface area contributed by atoms with Gasteiger partial charge in [0.15, 0.2) is 0 Å². The van der Waals surface area contributed by atoms with E-state index in [-0.39, 0.29) is 5.76 Å². The van der Waals surface area contributed by atoms with Gasteiger partial charge < -0.3 is 4.42 Å². The van der Waals surface area contributed by atoms with Gasteiger partial charge >= 0.3 is 5.76 Å². The van der Waals surface area contributed by atoms with Crippen molar-refractivity contribution in [1.82, 2.24) is 4.57 Å². The molecule has 0 saturated carbocycles. The second kappa shape index (κ2) is 3.42. The van der Waals surface area contributed by atoms with Crippen LogP contribution in [0.3, 0.4) is 0 Å². The molecule has 0 aliphatic carbocycles. The molecule has 0 fully saturated rings. The van der Waals surface area contributed by atoms with E-state index in [1.165, 1.54) is 5.56 Å². The van der Waals surface area contributed by atoms with E-state index in [9.17, 15) is 4.79 Å². The van der Waals surface area contributed by atoms with Crippen LogP contribution in [0.4, 0.5) is 0 Å². The average Bonchev–Trinajstić information content (AvgIpc) is 2.44. The maximum absolute atomic E-state index is 11.5. The molecule has 3 heteroatoms. The van der Waals surface area contributed by atoms with Crippen LogP contribution >= 0.6 is 0 Å². The summed E-state index contributed by atoms with van der Waals surface area (Å²) in [6.45, 7) is 5.68. The minimum Gasteiger partial charge on any atom is -0.413 e. The molecule has 0 aliphatic heterocycles. The van der Waals surface area contributed by atoms with Crippen molar-refractivity contribution in [2.45, 2.75) is 20.8 Å². The fourth-order valence-corrected chi connectivity index (χ4v) is 1.54. The van der Waals surface area contributed by atoms with Gasteiger partial charge in [-0.15, -0.1) is 0 Å². The summed E-state index contributed by atoms with van der Waals surface area (Å²) in [5.74, 6) is 0.342. The molecular formula is C12H13NO2. The molecule has 0 radical (unpaired) electrons. The second-order valence-corrected chi connectivity index (χ2v) is 3.68. The summed E-state index contributed by atoms with van der Waals surface area (Å²) in [7, 11) is 0. The van der Waals surface area contributed by atoms with Crippen molar-refractivity contribution in [3.63, 3.8) is 0 Å². The fraction of sp³-hybridized carbons (Fsp3) is 0.250. The van der Waals surface area contributed by atoms with Crippen molar-refractivity contribution in [2.24, 2.45) is 0 Å². The molecule has 0 amide bonds. The predicted molar refractivity (Wildman–Crippen MR) is 58.5 cm³/mol. The van der Waals surface area contributed by atoms with Crippen LogP contribution in [0.15, 0.2) is 33.5 Å². The van der Waals surface area contributed by atoms with Gasteiger partial charge in [-0.3, -0.25) is 0 Å². The highest BCUT2D eigenvalue weighted by atomic mass is 16.4. The number of aryl methyl sites for hydroxylation is 2. The van der Waals surface area contributed by atoms with Gasteiger partial charge in [0.25, 0.3) is 0 Å². The molecule has 3 nitrogen and oxygen atoms in total. The van der Waals surface area contributed by atoms with Crippen molar-refractivity contribution >= 4 is 0 Å². The van der Waals surface area contributed by atoms with Gasteiger partial charge in [-0.2, -0.15) is 0 Å². The molecule has 0 N–H and O–H groups in total. The van der Waals surface area contributed by atoms with Gasteiger partial charge in [-0.1, -0.05) is 17.7 Å². The largest absolute Gasteiger partial charge is 0.423 e. The monoisotopic (exact) mass is 203 g/mol. The quantitative estimate of drug-likeness (QED) is 0.713. The Morgan fingerprint density at radius 3 is 2.13 bits per heavy atom. The number of hydrogen-bond donors (Lipinski definition) is 0. The summed E-state index contributed by atoms with van der Waals surface area (Å²) < 4.78 is 6.62. The number of benzene rings is 1. The Hall–Kier alpha value is -1.77. The number of oxazole rings is 1. The maximum atomic E-state index is 11.5. The summed E-state index contributed by atoms with van der Waals surface area (Å²) in [5, 5.41) is 0. The number of rotatable bonds is 1. The Morgan fingerprint density at radius 1 is 1.07 bits per heavy atom. The van der Waals surface area contributed by atoms with Gasteiger partial charge in [-0.25, -0.2) is 9.36 Å². The van der Waals surface area contributed by atoms with Gasteiger partial charge in [-0.05, 0) is 32.9 Å². The maximum Gasteiger partial charge on any atom is 0.423 e. The molecule has 0 atom stereocenters. The van der Waals surface area contributed by atoms with Crippen LogP contribution in [-0.2, 0) is 0 Å². The van der Waals surface area contributed by atoms with E-state index in [4.69, 9.17) is 4.42 Å². The van der Waals surface area contributed by atoms with E-state index in [0.29, 0.717) is 5.76 Å². The van der Waals surface area contributed by atoms with Crippen molar-refractivity contribution in [3.8, 4) is 5.69 Å². The predicted octanol–water partition coefficient (Wildman–Crippen LogP) is 2.36. The number of hydrogen-bond acceptors (Lipinski definition) is 2. The minimum absolute atomic E-state index is 0.325. The summed E-state index contributed by atoms with van der Waals surface area (Å²) >= 11 is 0. The Kier molecular flexibility index (Phi) is 2.23. The highest BCUT2D eigenvalue weighted by molar-refractivity contribution is 5.36. The molecule has 0 bridgehead atoms. The lowest BCUT2D eigenvalue weighted by Gasteiger charge is -2.02. The minimum atomic E-state index is -0.325. The Balaban J connectivity index is 2.64. The van der Waals surface area contributed by atoms with Crippen LogP contribution in [0.5, 0.6) is 0 Å². The molecule has 2 rings (SSSR count). The zero-order valence-electron chi connectivity index (χ0n) is 9.07. The van der Waals surface area contributed by atoms with Gasteiger partial charge in [0, 0.05) is 0 Å². The zero-order valence-corrected chi connectivity index (χ0v) is 9.07. The van der Waals surface area contributed by atoms with Crippen LogP contribution in [0.2, 0.25) is 0 Å². The van der Waals surface area contributed by atoms with Crippen LogP contribution in [-0.4, -0.2) is 4.57 Å². The van der Waals surface area contributed by atoms with E-state index in [2.05, 4.69) is 0 Å². The first-order valence-corrected chi connectivity index (χ1v) is 4.85. The van der Waals surface area contributed by atoms with Crippen LogP contribution in [0.1, 0.15) is 17.0 Å². The molecule has 0 saturated heterocycles. The van der Waals surface area contributed by atoms with E-state index >= 15 is 0 Å². The summed E-state index contributed by atoms with van der Waals surface area (Å²) in [6.07, 6.45) is 0. The molecule has 0 unspecified atom stereocenters. The Bertz CT molecular complexity index is 532. The molecule has 0 aliphatic rings. The summed E-state index contributed by atoms with van der Waals surface area (Å²) in [4.78, 5) is 11.5. The first-order chi connectivity index (χ1) is 7.09. The first kappa shape index (κ1) is 9.77. The summed E-state index contributed by atoms with van der Waals surface area (Å²) in [5.41, 5.74) is 2.87. The molecule has 1 aromatic heterocycles. The van der Waals surface area contributed by atoms with Gasteiger partial charge in [0.05, 0.1) is 11.4 Å².